The first kappa shape index (κ1) is 33.3. The minimum atomic E-state index is -1.44. The van der Waals surface area contributed by atoms with Crippen LogP contribution in [0.3, 0.4) is 0 Å². The molecule has 0 spiro atoms. The number of aliphatic hydroxyl groups is 6. The van der Waals surface area contributed by atoms with Gasteiger partial charge >= 0.3 is 0 Å². The monoisotopic (exact) mass is 604 g/mol. The predicted molar refractivity (Wildman–Crippen MR) is 164 cm³/mol. The third-order valence-electron chi connectivity index (χ3n) is 12.3. The Hall–Kier alpha value is -1.10. The van der Waals surface area contributed by atoms with E-state index in [-0.39, 0.29) is 35.6 Å². The second kappa shape index (κ2) is 13.0. The van der Waals surface area contributed by atoms with Gasteiger partial charge in [0, 0.05) is 0 Å². The average Bonchev–Trinajstić information content (AvgIpc) is 3.25. The molecule has 5 aliphatic rings. The van der Waals surface area contributed by atoms with Gasteiger partial charge in [-0.2, -0.15) is 0 Å². The fourth-order valence-corrected chi connectivity index (χ4v) is 9.71. The van der Waals surface area contributed by atoms with Crippen molar-refractivity contribution in [1.29, 1.82) is 0 Å². The van der Waals surface area contributed by atoms with Crippen LogP contribution in [-0.2, 0) is 9.47 Å². The topological polar surface area (TPSA) is 140 Å². The second-order valence-corrected chi connectivity index (χ2v) is 15.1. The molecule has 3 fully saturated rings. The van der Waals surface area contributed by atoms with Crippen LogP contribution in [-0.4, -0.2) is 86.8 Å². The number of fused-ring (bicyclic) bond motifs is 5. The molecule has 6 N–H and O–H groups in total. The Balaban J connectivity index is 1.28. The molecule has 2 saturated carbocycles. The summed E-state index contributed by atoms with van der Waals surface area (Å²) in [6, 6.07) is 0. The van der Waals surface area contributed by atoms with Gasteiger partial charge in [0.25, 0.3) is 0 Å². The second-order valence-electron chi connectivity index (χ2n) is 15.1. The summed E-state index contributed by atoms with van der Waals surface area (Å²) in [5.41, 5.74) is 4.22. The Labute approximate surface area is 257 Å². The summed E-state index contributed by atoms with van der Waals surface area (Å²) >= 11 is 0. The third-order valence-corrected chi connectivity index (χ3v) is 12.3. The van der Waals surface area contributed by atoms with E-state index >= 15 is 0 Å². The van der Waals surface area contributed by atoms with E-state index in [9.17, 15) is 30.6 Å². The molecule has 5 rings (SSSR count). The highest BCUT2D eigenvalue weighted by Crippen LogP contribution is 2.65. The van der Waals surface area contributed by atoms with Gasteiger partial charge < -0.3 is 40.1 Å². The molecule has 0 aromatic heterocycles. The molecule has 0 aromatic carbocycles. The summed E-state index contributed by atoms with van der Waals surface area (Å²) in [4.78, 5) is 0. The smallest absolute Gasteiger partial charge is 0.186 e. The molecule has 8 nitrogen and oxygen atoms in total. The highest BCUT2D eigenvalue weighted by Gasteiger charge is 2.58. The number of rotatable bonds is 9. The lowest BCUT2D eigenvalue weighted by Gasteiger charge is -2.54. The molecule has 0 radical (unpaired) electrons. The van der Waals surface area contributed by atoms with Crippen molar-refractivity contribution < 1.29 is 40.1 Å². The Morgan fingerprint density at radius 2 is 1.79 bits per heavy atom. The Morgan fingerprint density at radius 3 is 2.47 bits per heavy atom. The zero-order valence-corrected chi connectivity index (χ0v) is 26.7. The van der Waals surface area contributed by atoms with Crippen molar-refractivity contribution in [1.82, 2.24) is 0 Å². The molecule has 0 bridgehead atoms. The lowest BCUT2D eigenvalue weighted by atomic mass is 9.51. The van der Waals surface area contributed by atoms with Gasteiger partial charge in [0.05, 0.1) is 25.4 Å². The quantitative estimate of drug-likeness (QED) is 0.219. The zero-order chi connectivity index (χ0) is 31.3. The summed E-state index contributed by atoms with van der Waals surface area (Å²) in [5.74, 6) is 1.73. The van der Waals surface area contributed by atoms with Gasteiger partial charge in [-0.15, -0.1) is 0 Å². The summed E-state index contributed by atoms with van der Waals surface area (Å²) in [6.45, 7) is 11.1. The maximum absolute atomic E-state index is 11.5. The molecule has 1 saturated heterocycles. The predicted octanol–water partition coefficient (Wildman–Crippen LogP) is 3.63. The van der Waals surface area contributed by atoms with Crippen molar-refractivity contribution in [2.75, 3.05) is 13.2 Å². The van der Waals surface area contributed by atoms with Crippen molar-refractivity contribution in [3.05, 3.63) is 34.9 Å². The van der Waals surface area contributed by atoms with Crippen LogP contribution in [0.15, 0.2) is 34.9 Å². The summed E-state index contributed by atoms with van der Waals surface area (Å²) in [6.07, 6.45) is 7.32. The number of allylic oxidation sites excluding steroid dienone is 5. The summed E-state index contributed by atoms with van der Waals surface area (Å²) in [7, 11) is 0. The number of ether oxygens (including phenoxy) is 2. The van der Waals surface area contributed by atoms with Gasteiger partial charge in [-0.3, -0.25) is 0 Å². The van der Waals surface area contributed by atoms with Gasteiger partial charge in [0.15, 0.2) is 6.29 Å². The van der Waals surface area contributed by atoms with E-state index in [0.29, 0.717) is 23.7 Å². The van der Waals surface area contributed by atoms with Crippen LogP contribution in [0.25, 0.3) is 0 Å². The highest BCUT2D eigenvalue weighted by atomic mass is 16.7. The molecular formula is C35H56O8. The summed E-state index contributed by atoms with van der Waals surface area (Å²) in [5, 5.41) is 61.3. The minimum Gasteiger partial charge on any atom is -0.394 e. The van der Waals surface area contributed by atoms with Crippen LogP contribution in [0.4, 0.5) is 0 Å². The molecule has 244 valence electrons. The molecule has 8 heteroatoms. The van der Waals surface area contributed by atoms with Crippen molar-refractivity contribution in [3.8, 4) is 0 Å². The average molecular weight is 605 g/mol. The standard InChI is InChI=1S/C35H56O8/c1-19(2)21(12-15-36)7-6-20(3)29-27(38)17-26-24-9-8-22-16-23(10-13-34(22,4)25(24)11-14-35(26,29)5)42-33-32(41)31(40)30(39)28(18-37)43-33/h9,11-12,19-20,22-23,26-33,36-41H,6-8,10,13-18H2,1-5H3. The maximum Gasteiger partial charge on any atom is 0.186 e. The van der Waals surface area contributed by atoms with Gasteiger partial charge in [0.2, 0.25) is 0 Å². The molecule has 1 aliphatic heterocycles. The van der Waals surface area contributed by atoms with Crippen LogP contribution >= 0.6 is 0 Å². The van der Waals surface area contributed by atoms with E-state index in [1.165, 1.54) is 16.7 Å². The van der Waals surface area contributed by atoms with Crippen molar-refractivity contribution >= 4 is 0 Å². The van der Waals surface area contributed by atoms with Gasteiger partial charge in [-0.25, -0.2) is 0 Å². The fourth-order valence-electron chi connectivity index (χ4n) is 9.71. The van der Waals surface area contributed by atoms with Crippen molar-refractivity contribution in [3.63, 3.8) is 0 Å². The third kappa shape index (κ3) is 5.96. The lowest BCUT2D eigenvalue weighted by molar-refractivity contribution is -0.314. The minimum absolute atomic E-state index is 0.0105. The molecule has 4 aliphatic carbocycles. The van der Waals surface area contributed by atoms with Crippen LogP contribution in [0.5, 0.6) is 0 Å². The molecule has 43 heavy (non-hydrogen) atoms. The van der Waals surface area contributed by atoms with E-state index in [0.717, 1.165) is 51.4 Å². The molecule has 13 atom stereocenters. The number of hydrogen-bond acceptors (Lipinski definition) is 8. The van der Waals surface area contributed by atoms with E-state index in [4.69, 9.17) is 9.47 Å². The zero-order valence-electron chi connectivity index (χ0n) is 26.7. The van der Waals surface area contributed by atoms with E-state index in [1.54, 1.807) is 0 Å². The maximum atomic E-state index is 11.5. The van der Waals surface area contributed by atoms with Gasteiger partial charge in [-0.05, 0) is 103 Å². The van der Waals surface area contributed by atoms with Crippen LogP contribution in [0.2, 0.25) is 0 Å². The molecule has 0 aromatic rings. The van der Waals surface area contributed by atoms with Crippen LogP contribution < -0.4 is 0 Å². The first-order valence-electron chi connectivity index (χ1n) is 16.7. The first-order chi connectivity index (χ1) is 20.3. The lowest BCUT2D eigenvalue weighted by Crippen LogP contribution is -2.60. The first-order valence-corrected chi connectivity index (χ1v) is 16.7. The van der Waals surface area contributed by atoms with Crippen LogP contribution in [0, 0.1) is 40.4 Å². The Bertz CT molecular complexity index is 1080. The summed E-state index contributed by atoms with van der Waals surface area (Å²) < 4.78 is 11.8. The molecular weight excluding hydrogens is 548 g/mol. The molecule has 0 amide bonds. The van der Waals surface area contributed by atoms with E-state index in [2.05, 4.69) is 46.8 Å². The Morgan fingerprint density at radius 1 is 1.05 bits per heavy atom. The van der Waals surface area contributed by atoms with Crippen molar-refractivity contribution in [2.24, 2.45) is 40.4 Å². The van der Waals surface area contributed by atoms with Crippen LogP contribution in [0.1, 0.15) is 86.0 Å². The Kier molecular flexibility index (Phi) is 10.0. The van der Waals surface area contributed by atoms with Gasteiger partial charge in [-0.1, -0.05) is 58.4 Å². The molecule has 1 heterocycles. The normalized spacial score (nSPS) is 45.6. The fraction of sp³-hybridized carbons (Fsp3) is 0.829. The van der Waals surface area contributed by atoms with Gasteiger partial charge in [0.1, 0.15) is 24.4 Å². The van der Waals surface area contributed by atoms with Crippen molar-refractivity contribution in [2.45, 2.75) is 129 Å². The molecule has 13 unspecified atom stereocenters. The number of aliphatic hydroxyl groups excluding tert-OH is 6. The number of hydrogen-bond donors (Lipinski definition) is 6. The SMILES string of the molecule is CC(C)C(=CCO)CCC(C)C1C(O)CC2C3=CCC4CC(OC5OC(CO)C(O)C(O)C5O)CCC4(C)C3=CCC21C. The largest absolute Gasteiger partial charge is 0.394 e. The van der Waals surface area contributed by atoms with E-state index < -0.39 is 37.3 Å². The van der Waals surface area contributed by atoms with E-state index in [1.807, 2.05) is 6.08 Å². The highest BCUT2D eigenvalue weighted by molar-refractivity contribution is 5.46.